The van der Waals surface area contributed by atoms with Gasteiger partial charge in [-0.3, -0.25) is 0 Å². The van der Waals surface area contributed by atoms with E-state index in [-0.39, 0.29) is 80.9 Å². The number of hydrogen-bond donors (Lipinski definition) is 0. The van der Waals surface area contributed by atoms with Crippen molar-refractivity contribution >= 4 is 72.7 Å². The summed E-state index contributed by atoms with van der Waals surface area (Å²) in [7, 11) is 4.08. The highest BCUT2D eigenvalue weighted by Crippen LogP contribution is 2.50. The lowest BCUT2D eigenvalue weighted by Gasteiger charge is -2.23. The number of nitrogens with zero attached hydrogens (tertiary/aromatic N) is 1. The Kier molecular flexibility index (Phi) is 11.2. The van der Waals surface area contributed by atoms with E-state index in [0.717, 1.165) is 0 Å². The summed E-state index contributed by atoms with van der Waals surface area (Å²) < 4.78 is 58.8. The molecule has 1 aliphatic heterocycles. The van der Waals surface area contributed by atoms with E-state index in [9.17, 15) is 33.6 Å². The summed E-state index contributed by atoms with van der Waals surface area (Å²) >= 11 is 0. The highest BCUT2D eigenvalue weighted by Gasteiger charge is 2.33. The minimum atomic E-state index is -1.06. The zero-order valence-corrected chi connectivity index (χ0v) is 40.0. The molecule has 18 heteroatoms. The number of rotatable bonds is 10. The van der Waals surface area contributed by atoms with E-state index in [1.165, 1.54) is 57.7 Å². The summed E-state index contributed by atoms with van der Waals surface area (Å²) in [5.41, 5.74) is -1.15. The first-order valence-electron chi connectivity index (χ1n) is 23.3. The maximum absolute atomic E-state index is 14.6. The summed E-state index contributed by atoms with van der Waals surface area (Å²) in [6, 6.07) is 35.0. The minimum absolute atomic E-state index is 0.00329. The van der Waals surface area contributed by atoms with Crippen molar-refractivity contribution in [1.82, 2.24) is 4.57 Å². The van der Waals surface area contributed by atoms with Crippen LogP contribution in [0.4, 0.5) is 0 Å². The summed E-state index contributed by atoms with van der Waals surface area (Å²) in [5.74, 6) is -3.15. The van der Waals surface area contributed by atoms with Crippen LogP contribution in [0.25, 0.3) is 77.2 Å². The topological polar surface area (TPSA) is 232 Å². The molecule has 0 saturated carbocycles. The molecule has 0 radical (unpaired) electrons. The van der Waals surface area contributed by atoms with Crippen LogP contribution in [-0.2, 0) is 13.0 Å². The second-order valence-electron chi connectivity index (χ2n) is 17.4. The van der Waals surface area contributed by atoms with Crippen LogP contribution in [0.15, 0.2) is 170 Å². The lowest BCUT2D eigenvalue weighted by Crippen LogP contribution is -2.19. The standard InChI is InChI=1S/C58H35NO17/c1-67-43-24-32(16-17-41(43)73-55(63)35-20-29-10-4-7-13-38(29)70-52(35)60)48-49-34-26-45(69-3)47(76-57(65)37-22-31-12-6-9-15-40(31)72-54(37)62)27-42(34)74-58(66)51(49)59-19-18-28-23-46(44(68-2)25-33(28)50(48)59)75-56(64)36-21-30-11-5-8-14-39(30)71-53(36)61/h4-17,20-27H,18-19H2,1-3H3. The lowest BCUT2D eigenvalue weighted by molar-refractivity contribution is 0.0716. The fourth-order valence-electron chi connectivity index (χ4n) is 9.57. The first-order valence-corrected chi connectivity index (χ1v) is 23.3. The SMILES string of the molecule is COc1cc(-c2c3n(c4c(=O)oc5cc(OC(=O)c6cc7ccccc7oc6=O)c(OC)cc5c24)CCc2cc(OC(=O)c4cc5ccccc5oc4=O)c(OC)cc2-3)ccc1OC(=O)c1cc2ccccc2oc1=O. The van der Waals surface area contributed by atoms with Gasteiger partial charge in [0.1, 0.15) is 44.5 Å². The summed E-state index contributed by atoms with van der Waals surface area (Å²) in [6.45, 7) is 0.186. The number of hydrogen-bond acceptors (Lipinski definition) is 17. The van der Waals surface area contributed by atoms with E-state index in [4.69, 9.17) is 46.1 Å². The second kappa shape index (κ2) is 18.2. The molecule has 1 aliphatic rings. The third-order valence-electron chi connectivity index (χ3n) is 13.1. The fraction of sp³-hybridized carbons (Fsp3) is 0.0862. The molecule has 0 amide bonds. The van der Waals surface area contributed by atoms with Crippen molar-refractivity contribution in [3.63, 3.8) is 0 Å². The van der Waals surface area contributed by atoms with Crippen molar-refractivity contribution in [2.75, 3.05) is 21.3 Å². The molecule has 6 heterocycles. The highest BCUT2D eigenvalue weighted by atomic mass is 16.6. The van der Waals surface area contributed by atoms with Gasteiger partial charge in [-0.25, -0.2) is 33.6 Å². The number of ether oxygens (including phenoxy) is 6. The number of benzene rings is 6. The van der Waals surface area contributed by atoms with E-state index < -0.39 is 46.0 Å². The largest absolute Gasteiger partial charge is 0.493 e. The molecule has 0 spiro atoms. The minimum Gasteiger partial charge on any atom is -0.493 e. The van der Waals surface area contributed by atoms with Crippen LogP contribution in [0.2, 0.25) is 0 Å². The number of aromatic nitrogens is 1. The molecule has 6 aromatic carbocycles. The van der Waals surface area contributed by atoms with Gasteiger partial charge in [-0.05, 0) is 84.3 Å². The molecule has 0 N–H and O–H groups in total. The number of esters is 3. The predicted octanol–water partition coefficient (Wildman–Crippen LogP) is 9.64. The molecule has 0 bridgehead atoms. The number of carbonyl (C=O) groups excluding carboxylic acids is 3. The van der Waals surface area contributed by atoms with Crippen LogP contribution in [-0.4, -0.2) is 43.8 Å². The fourth-order valence-corrected chi connectivity index (χ4v) is 9.57. The summed E-state index contributed by atoms with van der Waals surface area (Å²) in [4.78, 5) is 94.5. The van der Waals surface area contributed by atoms with Gasteiger partial charge < -0.3 is 50.7 Å². The van der Waals surface area contributed by atoms with E-state index in [1.807, 2.05) is 0 Å². The van der Waals surface area contributed by atoms with Crippen LogP contribution in [0.3, 0.4) is 0 Å². The molecule has 0 saturated heterocycles. The average Bonchev–Trinajstić information content (AvgIpc) is 3.83. The molecule has 0 aliphatic carbocycles. The van der Waals surface area contributed by atoms with Gasteiger partial charge in [0, 0.05) is 50.7 Å². The van der Waals surface area contributed by atoms with Crippen molar-refractivity contribution in [2.45, 2.75) is 13.0 Å². The van der Waals surface area contributed by atoms with Crippen molar-refractivity contribution in [2.24, 2.45) is 0 Å². The Balaban J connectivity index is 1.02. The van der Waals surface area contributed by atoms with Gasteiger partial charge in [-0.1, -0.05) is 60.7 Å². The molecule has 18 nitrogen and oxygen atoms in total. The molecule has 11 aromatic rings. The van der Waals surface area contributed by atoms with Crippen LogP contribution in [0.1, 0.15) is 36.6 Å². The van der Waals surface area contributed by atoms with E-state index in [2.05, 4.69) is 0 Å². The monoisotopic (exact) mass is 1020 g/mol. The van der Waals surface area contributed by atoms with E-state index in [0.29, 0.717) is 60.5 Å². The maximum atomic E-state index is 14.6. The van der Waals surface area contributed by atoms with Crippen molar-refractivity contribution in [3.8, 4) is 56.9 Å². The number of para-hydroxylation sites is 3. The third kappa shape index (κ3) is 7.79. The van der Waals surface area contributed by atoms with Gasteiger partial charge in [0.15, 0.2) is 34.5 Å². The van der Waals surface area contributed by atoms with Gasteiger partial charge in [0.2, 0.25) is 0 Å². The van der Waals surface area contributed by atoms with Gasteiger partial charge >= 0.3 is 40.4 Å². The zero-order valence-electron chi connectivity index (χ0n) is 40.0. The predicted molar refractivity (Wildman–Crippen MR) is 275 cm³/mol. The molecule has 374 valence electrons. The van der Waals surface area contributed by atoms with Crippen molar-refractivity contribution in [3.05, 3.63) is 197 Å². The molecule has 0 unspecified atom stereocenters. The Hall–Kier alpha value is -10.5. The number of methoxy groups -OCH3 is 3. The highest BCUT2D eigenvalue weighted by molar-refractivity contribution is 6.17. The number of aryl methyl sites for hydroxylation is 2. The molecular formula is C58H35NO17. The van der Waals surface area contributed by atoms with Gasteiger partial charge in [-0.2, -0.15) is 0 Å². The quantitative estimate of drug-likeness (QED) is 0.0704. The smallest absolute Gasteiger partial charge is 0.361 e. The van der Waals surface area contributed by atoms with Gasteiger partial charge in [-0.15, -0.1) is 0 Å². The van der Waals surface area contributed by atoms with Crippen LogP contribution in [0.5, 0.6) is 34.5 Å². The summed E-state index contributed by atoms with van der Waals surface area (Å²) in [6.07, 6.45) is 0.289. The van der Waals surface area contributed by atoms with Crippen LogP contribution in [0, 0.1) is 0 Å². The van der Waals surface area contributed by atoms with Gasteiger partial charge in [0.25, 0.3) is 0 Å². The lowest BCUT2D eigenvalue weighted by atomic mass is 9.91. The Morgan fingerprint density at radius 1 is 0.461 bits per heavy atom. The second-order valence-corrected chi connectivity index (χ2v) is 17.4. The molecule has 12 rings (SSSR count). The molecular weight excluding hydrogens is 983 g/mol. The van der Waals surface area contributed by atoms with Crippen molar-refractivity contribution in [1.29, 1.82) is 0 Å². The zero-order chi connectivity index (χ0) is 52.5. The first kappa shape index (κ1) is 46.6. The third-order valence-corrected chi connectivity index (χ3v) is 13.1. The maximum Gasteiger partial charge on any atom is 0.361 e. The van der Waals surface area contributed by atoms with E-state index >= 15 is 0 Å². The van der Waals surface area contributed by atoms with E-state index in [1.54, 1.807) is 102 Å². The van der Waals surface area contributed by atoms with Crippen LogP contribution < -0.4 is 50.9 Å². The molecule has 76 heavy (non-hydrogen) atoms. The molecule has 5 aromatic heterocycles. The van der Waals surface area contributed by atoms with Crippen molar-refractivity contribution < 1.29 is 60.5 Å². The Morgan fingerprint density at radius 3 is 1.45 bits per heavy atom. The Labute approximate surface area is 424 Å². The van der Waals surface area contributed by atoms with Crippen LogP contribution >= 0.6 is 0 Å². The number of carbonyl (C=O) groups is 3. The van der Waals surface area contributed by atoms with Gasteiger partial charge in [0.05, 0.1) is 27.0 Å². The molecule has 0 fully saturated rings. The average molecular weight is 1020 g/mol. The molecule has 0 atom stereocenters. The normalized spacial score (nSPS) is 11.9. The Bertz CT molecular complexity index is 4570. The first-order chi connectivity index (χ1) is 36.9. The summed E-state index contributed by atoms with van der Waals surface area (Å²) in [5, 5.41) is 2.15. The number of fused-ring (bicyclic) bond motifs is 10. The Morgan fingerprint density at radius 2 is 0.921 bits per heavy atom.